The Morgan fingerprint density at radius 1 is 0.964 bits per heavy atom. The van der Waals surface area contributed by atoms with Crippen LogP contribution in [0.25, 0.3) is 10.9 Å². The Morgan fingerprint density at radius 2 is 1.75 bits per heavy atom. The van der Waals surface area contributed by atoms with Crippen molar-refractivity contribution in [2.75, 3.05) is 37.6 Å². The van der Waals surface area contributed by atoms with Gasteiger partial charge in [0.05, 0.1) is 11.6 Å². The van der Waals surface area contributed by atoms with E-state index in [1.54, 1.807) is 0 Å². The molecule has 1 aliphatic heterocycles. The fourth-order valence-electron chi connectivity index (χ4n) is 3.97. The van der Waals surface area contributed by atoms with Gasteiger partial charge in [-0.3, -0.25) is 4.90 Å². The van der Waals surface area contributed by atoms with Gasteiger partial charge in [-0.2, -0.15) is 5.26 Å². The van der Waals surface area contributed by atoms with Crippen molar-refractivity contribution < 1.29 is 0 Å². The quantitative estimate of drug-likeness (QED) is 0.621. The molecule has 5 heteroatoms. The van der Waals surface area contributed by atoms with E-state index in [2.05, 4.69) is 57.4 Å². The summed E-state index contributed by atoms with van der Waals surface area (Å²) in [6.07, 6.45) is 5.57. The number of hydrogen-bond donors (Lipinski definition) is 1. The van der Waals surface area contributed by atoms with E-state index in [1.165, 1.54) is 36.0 Å². The molecule has 1 aromatic heterocycles. The molecule has 0 atom stereocenters. The van der Waals surface area contributed by atoms with Crippen molar-refractivity contribution >= 4 is 29.0 Å². The highest BCUT2D eigenvalue weighted by atomic mass is 35.5. The first-order chi connectivity index (χ1) is 13.3. The maximum absolute atomic E-state index is 9.11. The van der Waals surface area contributed by atoms with E-state index >= 15 is 0 Å². The van der Waals surface area contributed by atoms with Crippen molar-refractivity contribution in [3.05, 3.63) is 65.9 Å². The SMILES string of the molecule is Cl.N#Cc1ccc2[nH]cc(CCCCN3CCN(c4ccccc4)CC3)c2c1. The Bertz CT molecular complexity index is 921. The first kappa shape index (κ1) is 20.3. The lowest BCUT2D eigenvalue weighted by Gasteiger charge is -2.36. The number of unbranched alkanes of at least 4 members (excludes halogenated alkanes) is 1. The zero-order valence-corrected chi connectivity index (χ0v) is 16.9. The molecule has 0 saturated carbocycles. The number of aromatic amines is 1. The van der Waals surface area contributed by atoms with Gasteiger partial charge in [0, 0.05) is 49.0 Å². The Kier molecular flexibility index (Phi) is 6.97. The molecule has 4 nitrogen and oxygen atoms in total. The van der Waals surface area contributed by atoms with Gasteiger partial charge < -0.3 is 9.88 Å². The van der Waals surface area contributed by atoms with Crippen LogP contribution >= 0.6 is 12.4 Å². The molecule has 1 aliphatic rings. The molecule has 28 heavy (non-hydrogen) atoms. The van der Waals surface area contributed by atoms with E-state index in [9.17, 15) is 0 Å². The molecule has 2 aromatic carbocycles. The number of aromatic nitrogens is 1. The number of halogens is 1. The summed E-state index contributed by atoms with van der Waals surface area (Å²) in [6.45, 7) is 5.70. The third-order valence-electron chi connectivity index (χ3n) is 5.56. The topological polar surface area (TPSA) is 46.1 Å². The first-order valence-corrected chi connectivity index (χ1v) is 9.86. The molecule has 0 unspecified atom stereocenters. The van der Waals surface area contributed by atoms with Crippen molar-refractivity contribution in [3.63, 3.8) is 0 Å². The Hall–Kier alpha value is -2.48. The van der Waals surface area contributed by atoms with Crippen LogP contribution in [0.2, 0.25) is 0 Å². The zero-order valence-electron chi connectivity index (χ0n) is 16.1. The molecule has 4 rings (SSSR count). The third-order valence-corrected chi connectivity index (χ3v) is 5.56. The number of fused-ring (bicyclic) bond motifs is 1. The second kappa shape index (κ2) is 9.64. The van der Waals surface area contributed by atoms with E-state index in [0.29, 0.717) is 0 Å². The summed E-state index contributed by atoms with van der Waals surface area (Å²) >= 11 is 0. The molecule has 1 fully saturated rings. The molecule has 146 valence electrons. The highest BCUT2D eigenvalue weighted by Crippen LogP contribution is 2.21. The number of anilines is 1. The van der Waals surface area contributed by atoms with Gasteiger partial charge in [-0.1, -0.05) is 18.2 Å². The molecule has 2 heterocycles. The lowest BCUT2D eigenvalue weighted by Crippen LogP contribution is -2.46. The van der Waals surface area contributed by atoms with Gasteiger partial charge in [-0.15, -0.1) is 12.4 Å². The van der Waals surface area contributed by atoms with Crippen molar-refractivity contribution in [1.82, 2.24) is 9.88 Å². The number of rotatable bonds is 6. The van der Waals surface area contributed by atoms with E-state index < -0.39 is 0 Å². The van der Waals surface area contributed by atoms with E-state index in [1.807, 2.05) is 18.2 Å². The summed E-state index contributed by atoms with van der Waals surface area (Å²) in [5.74, 6) is 0. The molecule has 1 saturated heterocycles. The van der Waals surface area contributed by atoms with Crippen LogP contribution in [0.1, 0.15) is 24.0 Å². The summed E-state index contributed by atoms with van der Waals surface area (Å²) in [5, 5.41) is 10.3. The molecule has 0 amide bonds. The highest BCUT2D eigenvalue weighted by Gasteiger charge is 2.16. The Labute approximate surface area is 173 Å². The summed E-state index contributed by atoms with van der Waals surface area (Å²) in [6, 6.07) is 18.8. The van der Waals surface area contributed by atoms with E-state index in [0.717, 1.165) is 43.7 Å². The number of nitrogens with one attached hydrogen (secondary N) is 1. The predicted octanol–water partition coefficient (Wildman–Crippen LogP) is 4.61. The van der Waals surface area contributed by atoms with Crippen molar-refractivity contribution in [2.24, 2.45) is 0 Å². The largest absolute Gasteiger partial charge is 0.369 e. The normalized spacial score (nSPS) is 14.6. The van der Waals surface area contributed by atoms with Crippen molar-refractivity contribution in [2.45, 2.75) is 19.3 Å². The van der Waals surface area contributed by atoms with Gasteiger partial charge in [0.15, 0.2) is 0 Å². The number of nitriles is 1. The van der Waals surface area contributed by atoms with Crippen LogP contribution in [-0.2, 0) is 6.42 Å². The summed E-state index contributed by atoms with van der Waals surface area (Å²) in [7, 11) is 0. The van der Waals surface area contributed by atoms with Crippen LogP contribution in [0.4, 0.5) is 5.69 Å². The maximum Gasteiger partial charge on any atom is 0.0991 e. The van der Waals surface area contributed by atoms with E-state index in [-0.39, 0.29) is 12.4 Å². The van der Waals surface area contributed by atoms with Crippen LogP contribution in [0, 0.1) is 11.3 Å². The molecule has 3 aromatic rings. The standard InChI is InChI=1S/C23H26N4.ClH/c24-17-19-9-10-23-22(16-19)20(18-25-23)6-4-5-11-26-12-14-27(15-13-26)21-7-2-1-3-8-21;/h1-3,7-10,16,18,25H,4-6,11-15H2;1H. The van der Waals surface area contributed by atoms with Gasteiger partial charge in [-0.05, 0) is 61.7 Å². The fourth-order valence-corrected chi connectivity index (χ4v) is 3.97. The molecular weight excluding hydrogens is 368 g/mol. The number of nitrogens with zero attached hydrogens (tertiary/aromatic N) is 3. The molecule has 0 radical (unpaired) electrons. The second-order valence-electron chi connectivity index (χ2n) is 7.31. The molecular formula is C23H27ClN4. The summed E-state index contributed by atoms with van der Waals surface area (Å²) < 4.78 is 0. The van der Waals surface area contributed by atoms with Crippen LogP contribution in [0.3, 0.4) is 0 Å². The van der Waals surface area contributed by atoms with Crippen LogP contribution in [-0.4, -0.2) is 42.6 Å². The monoisotopic (exact) mass is 394 g/mol. The smallest absolute Gasteiger partial charge is 0.0991 e. The van der Waals surface area contributed by atoms with Crippen LogP contribution < -0.4 is 4.90 Å². The number of hydrogen-bond acceptors (Lipinski definition) is 3. The second-order valence-corrected chi connectivity index (χ2v) is 7.31. The number of piperazine rings is 1. The van der Waals surface area contributed by atoms with Crippen molar-refractivity contribution in [3.8, 4) is 6.07 Å². The average molecular weight is 395 g/mol. The lowest BCUT2D eigenvalue weighted by molar-refractivity contribution is 0.253. The average Bonchev–Trinajstić information content (AvgIpc) is 3.14. The number of para-hydroxylation sites is 1. The highest BCUT2D eigenvalue weighted by molar-refractivity contribution is 5.85. The van der Waals surface area contributed by atoms with Gasteiger partial charge >= 0.3 is 0 Å². The van der Waals surface area contributed by atoms with Gasteiger partial charge in [-0.25, -0.2) is 0 Å². The van der Waals surface area contributed by atoms with Crippen molar-refractivity contribution in [1.29, 1.82) is 5.26 Å². The van der Waals surface area contributed by atoms with Gasteiger partial charge in [0.25, 0.3) is 0 Å². The predicted molar refractivity (Wildman–Crippen MR) is 118 cm³/mol. The maximum atomic E-state index is 9.11. The molecule has 0 aliphatic carbocycles. The summed E-state index contributed by atoms with van der Waals surface area (Å²) in [4.78, 5) is 8.39. The third kappa shape index (κ3) is 4.67. The number of aryl methyl sites for hydroxylation is 1. The number of H-pyrrole nitrogens is 1. The zero-order chi connectivity index (χ0) is 18.5. The van der Waals surface area contributed by atoms with Gasteiger partial charge in [0.1, 0.15) is 0 Å². The van der Waals surface area contributed by atoms with E-state index in [4.69, 9.17) is 5.26 Å². The Balaban J connectivity index is 0.00000225. The minimum absolute atomic E-state index is 0. The molecule has 0 bridgehead atoms. The molecule has 1 N–H and O–H groups in total. The molecule has 0 spiro atoms. The number of benzene rings is 2. The first-order valence-electron chi connectivity index (χ1n) is 9.86. The van der Waals surface area contributed by atoms with Crippen LogP contribution in [0.5, 0.6) is 0 Å². The minimum Gasteiger partial charge on any atom is -0.369 e. The Morgan fingerprint density at radius 3 is 2.50 bits per heavy atom. The summed E-state index contributed by atoms with van der Waals surface area (Å²) in [5.41, 5.74) is 4.53. The lowest BCUT2D eigenvalue weighted by atomic mass is 10.1. The fraction of sp³-hybridized carbons (Fsp3) is 0.348. The van der Waals surface area contributed by atoms with Crippen LogP contribution in [0.15, 0.2) is 54.7 Å². The van der Waals surface area contributed by atoms with Gasteiger partial charge in [0.2, 0.25) is 0 Å². The minimum atomic E-state index is 0.